The molecule has 3 aliphatic heterocycles. The largest absolute Gasteiger partial charge is 0.344 e. The van der Waals surface area contributed by atoms with Crippen molar-refractivity contribution in [2.24, 2.45) is 0 Å². The SMILES string of the molecule is Cc1ccc2c(c1)C(C)(C)c1cc(C)ccc1N2c1ccc(-c2ccc3c(c2)C(C)(C)c2cc(-c4ccc(N5c6ccccc6C(C)(C)c6ccccc65)cc4)ccc2N3C)cc1. The molecule has 0 aromatic heterocycles. The van der Waals surface area contributed by atoms with Gasteiger partial charge in [0.25, 0.3) is 0 Å². The van der Waals surface area contributed by atoms with Gasteiger partial charge in [-0.3, -0.25) is 0 Å². The Kier molecular flexibility index (Phi) is 8.57. The summed E-state index contributed by atoms with van der Waals surface area (Å²) in [7, 11) is 2.21. The van der Waals surface area contributed by atoms with E-state index in [1.807, 2.05) is 0 Å². The van der Waals surface area contributed by atoms with Gasteiger partial charge in [-0.05, 0) is 142 Å². The second-order valence-corrected chi connectivity index (χ2v) is 19.7. The molecule has 8 aromatic rings. The second kappa shape index (κ2) is 13.8. The van der Waals surface area contributed by atoms with Crippen LogP contribution in [0.2, 0.25) is 0 Å². The summed E-state index contributed by atoms with van der Waals surface area (Å²) in [4.78, 5) is 7.26. The highest BCUT2D eigenvalue weighted by Gasteiger charge is 2.39. The summed E-state index contributed by atoms with van der Waals surface area (Å²) in [5.41, 5.74) is 25.0. The van der Waals surface area contributed by atoms with E-state index >= 15 is 0 Å². The zero-order chi connectivity index (χ0) is 43.6. The first-order chi connectivity index (χ1) is 30.2. The molecule has 310 valence electrons. The van der Waals surface area contributed by atoms with E-state index in [9.17, 15) is 0 Å². The lowest BCUT2D eigenvalue weighted by Crippen LogP contribution is -2.31. The predicted octanol–water partition coefficient (Wildman–Crippen LogP) is 16.3. The molecule has 3 heteroatoms. The van der Waals surface area contributed by atoms with Crippen LogP contribution in [0.1, 0.15) is 86.1 Å². The molecule has 0 unspecified atom stereocenters. The van der Waals surface area contributed by atoms with Crippen LogP contribution in [0.25, 0.3) is 22.3 Å². The lowest BCUT2D eigenvalue weighted by atomic mass is 9.72. The van der Waals surface area contributed by atoms with Gasteiger partial charge in [-0.2, -0.15) is 0 Å². The average Bonchev–Trinajstić information content (AvgIpc) is 3.29. The van der Waals surface area contributed by atoms with Crippen molar-refractivity contribution in [1.82, 2.24) is 0 Å². The monoisotopic (exact) mass is 817 g/mol. The van der Waals surface area contributed by atoms with Gasteiger partial charge in [-0.1, -0.05) is 150 Å². The number of aryl methyl sites for hydroxylation is 2. The first-order valence-corrected chi connectivity index (χ1v) is 22.5. The summed E-state index contributed by atoms with van der Waals surface area (Å²) in [5.74, 6) is 0. The fourth-order valence-corrected chi connectivity index (χ4v) is 11.1. The van der Waals surface area contributed by atoms with Crippen LogP contribution < -0.4 is 14.7 Å². The Morgan fingerprint density at radius 1 is 0.302 bits per heavy atom. The maximum atomic E-state index is 2.46. The van der Waals surface area contributed by atoms with Crippen molar-refractivity contribution in [3.05, 3.63) is 214 Å². The van der Waals surface area contributed by atoms with Gasteiger partial charge < -0.3 is 14.7 Å². The molecule has 63 heavy (non-hydrogen) atoms. The minimum Gasteiger partial charge on any atom is -0.344 e. The lowest BCUT2D eigenvalue weighted by Gasteiger charge is -2.42. The minimum atomic E-state index is -0.221. The van der Waals surface area contributed by atoms with Gasteiger partial charge in [0.05, 0.1) is 22.7 Å². The van der Waals surface area contributed by atoms with Crippen LogP contribution in [-0.2, 0) is 16.2 Å². The van der Waals surface area contributed by atoms with E-state index in [0.717, 1.165) is 0 Å². The zero-order valence-electron chi connectivity index (χ0n) is 38.0. The molecule has 0 aliphatic carbocycles. The van der Waals surface area contributed by atoms with E-state index in [2.05, 4.69) is 247 Å². The van der Waals surface area contributed by atoms with Crippen molar-refractivity contribution < 1.29 is 0 Å². The summed E-state index contributed by atoms with van der Waals surface area (Å²) < 4.78 is 0. The van der Waals surface area contributed by atoms with E-state index in [0.29, 0.717) is 0 Å². The van der Waals surface area contributed by atoms with Crippen LogP contribution in [0, 0.1) is 13.8 Å². The van der Waals surface area contributed by atoms with Crippen LogP contribution in [0.15, 0.2) is 170 Å². The third-order valence-corrected chi connectivity index (χ3v) is 14.7. The number of anilines is 8. The molecule has 0 amide bonds. The van der Waals surface area contributed by atoms with Gasteiger partial charge in [-0.15, -0.1) is 0 Å². The maximum absolute atomic E-state index is 2.46. The smallest absolute Gasteiger partial charge is 0.0502 e. The van der Waals surface area contributed by atoms with Crippen LogP contribution in [-0.4, -0.2) is 7.05 Å². The van der Waals surface area contributed by atoms with Crippen molar-refractivity contribution in [1.29, 1.82) is 0 Å². The van der Waals surface area contributed by atoms with Gasteiger partial charge in [0.15, 0.2) is 0 Å². The van der Waals surface area contributed by atoms with E-state index in [-0.39, 0.29) is 16.2 Å². The number of fused-ring (bicyclic) bond motifs is 6. The van der Waals surface area contributed by atoms with Crippen molar-refractivity contribution in [3.8, 4) is 22.3 Å². The molecule has 0 spiro atoms. The van der Waals surface area contributed by atoms with Gasteiger partial charge in [0, 0.05) is 46.0 Å². The summed E-state index contributed by atoms with van der Waals surface area (Å²) in [6, 6.07) is 64.0. The molecule has 0 atom stereocenters. The fourth-order valence-electron chi connectivity index (χ4n) is 11.1. The molecule has 11 rings (SSSR count). The summed E-state index contributed by atoms with van der Waals surface area (Å²) in [5, 5.41) is 0. The van der Waals surface area contributed by atoms with Gasteiger partial charge in [0.2, 0.25) is 0 Å². The van der Waals surface area contributed by atoms with E-state index < -0.39 is 0 Å². The van der Waals surface area contributed by atoms with Crippen molar-refractivity contribution in [2.45, 2.75) is 71.6 Å². The molecule has 0 radical (unpaired) electrons. The molecule has 0 fully saturated rings. The molecular formula is C60H55N3. The predicted molar refractivity (Wildman–Crippen MR) is 267 cm³/mol. The highest BCUT2D eigenvalue weighted by atomic mass is 15.2. The van der Waals surface area contributed by atoms with Gasteiger partial charge >= 0.3 is 0 Å². The number of hydrogen-bond acceptors (Lipinski definition) is 3. The van der Waals surface area contributed by atoms with Gasteiger partial charge in [-0.25, -0.2) is 0 Å². The van der Waals surface area contributed by atoms with Crippen LogP contribution >= 0.6 is 0 Å². The first-order valence-electron chi connectivity index (χ1n) is 22.5. The Morgan fingerprint density at radius 3 is 1.03 bits per heavy atom. The molecule has 0 N–H and O–H groups in total. The number of hydrogen-bond donors (Lipinski definition) is 0. The fraction of sp³-hybridized carbons (Fsp3) is 0.200. The molecule has 3 nitrogen and oxygen atoms in total. The third-order valence-electron chi connectivity index (χ3n) is 14.7. The number of benzene rings is 8. The summed E-state index contributed by atoms with van der Waals surface area (Å²) in [6.07, 6.45) is 0. The number of rotatable bonds is 4. The Bertz CT molecular complexity index is 3020. The highest BCUT2D eigenvalue weighted by Crippen LogP contribution is 2.55. The number of nitrogens with zero attached hydrogens (tertiary/aromatic N) is 3. The minimum absolute atomic E-state index is 0.0821. The molecular weight excluding hydrogens is 763 g/mol. The normalized spacial score (nSPS) is 16.0. The summed E-state index contributed by atoms with van der Waals surface area (Å²) in [6.45, 7) is 18.6. The van der Waals surface area contributed by atoms with Gasteiger partial charge in [0.1, 0.15) is 0 Å². The van der Waals surface area contributed by atoms with E-state index in [1.165, 1.54) is 112 Å². The number of para-hydroxylation sites is 2. The van der Waals surface area contributed by atoms with Crippen molar-refractivity contribution >= 4 is 45.5 Å². The maximum Gasteiger partial charge on any atom is 0.0502 e. The highest BCUT2D eigenvalue weighted by molar-refractivity contribution is 5.89. The quantitative estimate of drug-likeness (QED) is 0.175. The van der Waals surface area contributed by atoms with E-state index in [4.69, 9.17) is 0 Å². The Balaban J connectivity index is 0.916. The molecule has 0 saturated carbocycles. The van der Waals surface area contributed by atoms with Crippen LogP contribution in [0.3, 0.4) is 0 Å². The third kappa shape index (κ3) is 5.86. The standard InChI is InChI=1S/C60H55N3/c1-38-18-30-56-48(34-38)59(5,6)49-35-39(2)19-31-57(49)63(56)45-28-22-41(23-29-45)43-25-33-53-51(37-43)60(7,8)50-36-42(24-32-52(50)61(53)9)40-20-26-44(27-21-40)62-54-16-12-10-14-46(54)58(3,4)47-15-11-13-17-55(47)62/h10-37H,1-9H3. The lowest BCUT2D eigenvalue weighted by molar-refractivity contribution is 0.630. The topological polar surface area (TPSA) is 9.72 Å². The average molecular weight is 818 g/mol. The second-order valence-electron chi connectivity index (χ2n) is 19.7. The Labute approximate surface area is 373 Å². The molecule has 3 heterocycles. The van der Waals surface area contributed by atoms with Crippen LogP contribution in [0.5, 0.6) is 0 Å². The van der Waals surface area contributed by atoms with E-state index in [1.54, 1.807) is 0 Å². The molecule has 3 aliphatic rings. The van der Waals surface area contributed by atoms with Crippen molar-refractivity contribution in [3.63, 3.8) is 0 Å². The Morgan fingerprint density at radius 2 is 0.619 bits per heavy atom. The first kappa shape index (κ1) is 39.0. The molecule has 8 aromatic carbocycles. The zero-order valence-corrected chi connectivity index (χ0v) is 38.0. The molecule has 0 bridgehead atoms. The van der Waals surface area contributed by atoms with Crippen molar-refractivity contribution in [2.75, 3.05) is 21.7 Å². The van der Waals surface area contributed by atoms with Crippen LogP contribution in [0.4, 0.5) is 45.5 Å². The summed E-state index contributed by atoms with van der Waals surface area (Å²) >= 11 is 0. The molecule has 0 saturated heterocycles. The Hall–Kier alpha value is -6.84.